The lowest BCUT2D eigenvalue weighted by molar-refractivity contribution is -0.140. The molecule has 0 spiro atoms. The van der Waals surface area contributed by atoms with Crippen LogP contribution in [-0.2, 0) is 24.1 Å². The van der Waals surface area contributed by atoms with Gasteiger partial charge in [0.25, 0.3) is 0 Å². The Morgan fingerprint density at radius 3 is 1.61 bits per heavy atom. The van der Waals surface area contributed by atoms with Gasteiger partial charge in [0, 0.05) is 13.0 Å². The highest BCUT2D eigenvalue weighted by atomic mass is 35.5. The summed E-state index contributed by atoms with van der Waals surface area (Å²) in [4.78, 5) is 36.8. The van der Waals surface area contributed by atoms with Gasteiger partial charge in [0.2, 0.25) is 11.8 Å². The van der Waals surface area contributed by atoms with Crippen molar-refractivity contribution in [3.63, 3.8) is 0 Å². The zero-order chi connectivity index (χ0) is 22.0. The topological polar surface area (TPSA) is 74.7 Å². The Hall–Kier alpha value is -2.37. The molecule has 3 aliphatic carbocycles. The van der Waals surface area contributed by atoms with Gasteiger partial charge in [-0.25, -0.2) is 0 Å². The molecule has 5 nitrogen and oxygen atoms in total. The summed E-state index contributed by atoms with van der Waals surface area (Å²) in [7, 11) is 0. The van der Waals surface area contributed by atoms with Crippen molar-refractivity contribution in [3.8, 4) is 0 Å². The summed E-state index contributed by atoms with van der Waals surface area (Å²) in [5.41, 5.74) is 3.15. The monoisotopic (exact) mass is 457 g/mol. The molecule has 7 heteroatoms. The summed E-state index contributed by atoms with van der Waals surface area (Å²) in [6.45, 7) is 0.247. The van der Waals surface area contributed by atoms with E-state index in [0.717, 1.165) is 22.3 Å². The van der Waals surface area contributed by atoms with E-state index in [2.05, 4.69) is 0 Å². The van der Waals surface area contributed by atoms with Gasteiger partial charge in [-0.05, 0) is 35.1 Å². The van der Waals surface area contributed by atoms with Crippen LogP contribution in [0.2, 0.25) is 0 Å². The van der Waals surface area contributed by atoms with Gasteiger partial charge in [-0.3, -0.25) is 19.3 Å². The van der Waals surface area contributed by atoms with E-state index in [1.165, 1.54) is 4.90 Å². The van der Waals surface area contributed by atoms with Crippen molar-refractivity contribution in [2.45, 2.75) is 35.4 Å². The number of carbonyl (C=O) groups is 3. The predicted octanol–water partition coefficient (Wildman–Crippen LogP) is 4.22. The van der Waals surface area contributed by atoms with Crippen molar-refractivity contribution >= 4 is 41.0 Å². The molecule has 2 aromatic rings. The van der Waals surface area contributed by atoms with Crippen LogP contribution >= 0.6 is 23.2 Å². The average Bonchev–Trinajstić information content (AvgIpc) is 3.03. The molecule has 1 aliphatic heterocycles. The molecule has 0 saturated carbocycles. The second kappa shape index (κ2) is 7.07. The Bertz CT molecular complexity index is 993. The van der Waals surface area contributed by atoms with Gasteiger partial charge in [0.15, 0.2) is 0 Å². The fraction of sp³-hybridized carbons (Fsp3) is 0.375. The lowest BCUT2D eigenvalue weighted by Crippen LogP contribution is -2.57. The molecular formula is C24H21Cl2NO4. The number of likely N-dealkylation sites (tertiary alicyclic amines) is 1. The van der Waals surface area contributed by atoms with Gasteiger partial charge < -0.3 is 5.11 Å². The van der Waals surface area contributed by atoms with E-state index >= 15 is 0 Å². The van der Waals surface area contributed by atoms with Crippen LogP contribution in [0.25, 0.3) is 0 Å². The zero-order valence-electron chi connectivity index (χ0n) is 16.7. The molecule has 1 heterocycles. The highest BCUT2D eigenvalue weighted by Gasteiger charge is 2.72. The van der Waals surface area contributed by atoms with Gasteiger partial charge in [-0.1, -0.05) is 55.0 Å². The molecule has 0 unspecified atom stereocenters. The number of nitrogens with zero attached hydrogens (tertiary/aromatic N) is 1. The minimum Gasteiger partial charge on any atom is -0.481 e. The number of hydrogen-bond donors (Lipinski definition) is 1. The fourth-order valence-electron chi connectivity index (χ4n) is 5.67. The molecule has 160 valence electrons. The molecule has 2 bridgehead atoms. The number of unbranched alkanes of at least 4 members (excludes halogenated alkanes) is 2. The number of amides is 2. The number of benzene rings is 2. The molecule has 0 aromatic heterocycles. The summed E-state index contributed by atoms with van der Waals surface area (Å²) >= 11 is 14.7. The first kappa shape index (κ1) is 20.5. The molecular weight excluding hydrogens is 437 g/mol. The Kier molecular flexibility index (Phi) is 4.68. The minimum absolute atomic E-state index is 0.0767. The molecule has 2 atom stereocenters. The average molecular weight is 458 g/mol. The molecule has 1 N–H and O–H groups in total. The number of imide groups is 1. The Labute approximate surface area is 189 Å². The largest absolute Gasteiger partial charge is 0.481 e. The number of carbonyl (C=O) groups excluding carboxylic acids is 2. The van der Waals surface area contributed by atoms with Crippen molar-refractivity contribution in [1.82, 2.24) is 4.90 Å². The summed E-state index contributed by atoms with van der Waals surface area (Å²) < 4.78 is 0. The molecule has 0 radical (unpaired) electrons. The van der Waals surface area contributed by atoms with Crippen LogP contribution in [0.4, 0.5) is 0 Å². The van der Waals surface area contributed by atoms with Gasteiger partial charge in [-0.15, -0.1) is 23.2 Å². The maximum atomic E-state index is 13.5. The van der Waals surface area contributed by atoms with E-state index in [1.54, 1.807) is 0 Å². The summed E-state index contributed by atoms with van der Waals surface area (Å²) in [6, 6.07) is 15.1. The van der Waals surface area contributed by atoms with E-state index in [4.69, 9.17) is 28.3 Å². The third-order valence-electron chi connectivity index (χ3n) is 6.95. The SMILES string of the molecule is O=C(O)CCCCCN1C(=O)[C@H]2[C@H](C1=O)C1(Cl)c3ccccc3C2(Cl)c2ccccc21. The number of rotatable bonds is 6. The highest BCUT2D eigenvalue weighted by Crippen LogP contribution is 2.69. The van der Waals surface area contributed by atoms with Crippen LogP contribution in [0, 0.1) is 11.8 Å². The van der Waals surface area contributed by atoms with Gasteiger partial charge >= 0.3 is 5.97 Å². The lowest BCUT2D eigenvalue weighted by atomic mass is 9.54. The van der Waals surface area contributed by atoms with Crippen molar-refractivity contribution in [2.75, 3.05) is 6.54 Å². The standard InChI is InChI=1S/C24H21Cl2NO4/c25-23-14-8-3-4-9-15(14)24(26,17-11-6-5-10-16(17)23)20-19(23)21(30)27(22(20)31)13-7-1-2-12-18(28)29/h3-6,8-11,19-20H,1-2,7,12-13H2,(H,28,29)/t19-,20-,23?,24?/m1/s1. The van der Waals surface area contributed by atoms with Crippen molar-refractivity contribution in [2.24, 2.45) is 11.8 Å². The molecule has 1 fully saturated rings. The van der Waals surface area contributed by atoms with Crippen molar-refractivity contribution in [3.05, 3.63) is 70.8 Å². The number of hydrogen-bond acceptors (Lipinski definition) is 3. The number of alkyl halides is 2. The first-order valence-corrected chi connectivity index (χ1v) is 11.2. The maximum absolute atomic E-state index is 13.5. The van der Waals surface area contributed by atoms with E-state index in [-0.39, 0.29) is 24.8 Å². The van der Waals surface area contributed by atoms with Crippen LogP contribution in [0.1, 0.15) is 47.9 Å². The van der Waals surface area contributed by atoms with E-state index in [1.807, 2.05) is 48.5 Å². The number of carboxylic acid groups (broad SMARTS) is 1. The van der Waals surface area contributed by atoms with Crippen LogP contribution in [0.3, 0.4) is 0 Å². The first-order valence-electron chi connectivity index (χ1n) is 10.5. The van der Waals surface area contributed by atoms with Crippen LogP contribution in [0.15, 0.2) is 48.5 Å². The summed E-state index contributed by atoms with van der Waals surface area (Å²) in [5, 5.41) is 8.79. The highest BCUT2D eigenvalue weighted by molar-refractivity contribution is 6.35. The Balaban J connectivity index is 1.56. The quantitative estimate of drug-likeness (QED) is 0.400. The molecule has 31 heavy (non-hydrogen) atoms. The van der Waals surface area contributed by atoms with E-state index < -0.39 is 27.6 Å². The molecule has 4 aliphatic rings. The molecule has 6 rings (SSSR count). The number of carboxylic acids is 1. The third-order valence-corrected chi connectivity index (χ3v) is 8.23. The third kappa shape index (κ3) is 2.60. The van der Waals surface area contributed by atoms with E-state index in [9.17, 15) is 14.4 Å². The zero-order valence-corrected chi connectivity index (χ0v) is 18.2. The summed E-state index contributed by atoms with van der Waals surface area (Å²) in [6.07, 6.45) is 1.76. The van der Waals surface area contributed by atoms with Crippen LogP contribution in [-0.4, -0.2) is 34.3 Å². The van der Waals surface area contributed by atoms with Crippen molar-refractivity contribution < 1.29 is 19.5 Å². The second-order valence-electron chi connectivity index (χ2n) is 8.50. The van der Waals surface area contributed by atoms with Crippen LogP contribution < -0.4 is 0 Å². The second-order valence-corrected chi connectivity index (χ2v) is 9.69. The first-order chi connectivity index (χ1) is 14.8. The maximum Gasteiger partial charge on any atom is 0.303 e. The van der Waals surface area contributed by atoms with E-state index in [0.29, 0.717) is 19.3 Å². The Morgan fingerprint density at radius 1 is 0.806 bits per heavy atom. The minimum atomic E-state index is -1.15. The molecule has 2 aromatic carbocycles. The normalized spacial score (nSPS) is 30.2. The van der Waals surface area contributed by atoms with Crippen molar-refractivity contribution in [1.29, 1.82) is 0 Å². The summed E-state index contributed by atoms with van der Waals surface area (Å²) in [5.74, 6) is -2.99. The Morgan fingerprint density at radius 2 is 1.23 bits per heavy atom. The lowest BCUT2D eigenvalue weighted by Gasteiger charge is -2.54. The van der Waals surface area contributed by atoms with Gasteiger partial charge in [0.05, 0.1) is 11.8 Å². The molecule has 1 saturated heterocycles. The molecule has 2 amide bonds. The van der Waals surface area contributed by atoms with Crippen LogP contribution in [0.5, 0.6) is 0 Å². The fourth-order valence-corrected chi connectivity index (χ4v) is 6.77. The smallest absolute Gasteiger partial charge is 0.303 e. The predicted molar refractivity (Wildman–Crippen MR) is 116 cm³/mol. The number of halogens is 2. The number of aliphatic carboxylic acids is 1. The van der Waals surface area contributed by atoms with Gasteiger partial charge in [-0.2, -0.15) is 0 Å². The van der Waals surface area contributed by atoms with Gasteiger partial charge in [0.1, 0.15) is 9.75 Å².